The zero-order valence-electron chi connectivity index (χ0n) is 12.3. The molecule has 2 aromatic carbocycles. The summed E-state index contributed by atoms with van der Waals surface area (Å²) < 4.78 is 0.518. The van der Waals surface area contributed by atoms with E-state index in [2.05, 4.69) is 26.5 Å². The second kappa shape index (κ2) is 6.97. The van der Waals surface area contributed by atoms with Gasteiger partial charge >= 0.3 is 0 Å². The number of non-ortho nitro benzene ring substituents is 1. The summed E-state index contributed by atoms with van der Waals surface area (Å²) in [5.41, 5.74) is 5.28. The van der Waals surface area contributed by atoms with Crippen LogP contribution in [-0.2, 0) is 0 Å². The largest absolute Gasteiger partial charge is 0.506 e. The Morgan fingerprint density at radius 2 is 1.91 bits per heavy atom. The van der Waals surface area contributed by atoms with E-state index in [1.54, 1.807) is 26.0 Å². The number of nitro groups is 1. The normalized spacial score (nSPS) is 11.0. The van der Waals surface area contributed by atoms with Crippen LogP contribution < -0.4 is 5.43 Å². The van der Waals surface area contributed by atoms with Crippen LogP contribution in [0.5, 0.6) is 5.75 Å². The standard InChI is InChI=1S/C15H13BrClN3O3/c1-8-12(15(21)13(16)9(2)14(8)17)7-18-19-10-3-5-11(6-4-10)20(22)23/h3-7,19,21H,1-2H3/b18-7+. The monoisotopic (exact) mass is 397 g/mol. The number of nitro benzene ring substituents is 1. The van der Waals surface area contributed by atoms with Crippen molar-refractivity contribution >= 4 is 45.1 Å². The van der Waals surface area contributed by atoms with Crippen LogP contribution >= 0.6 is 27.5 Å². The summed E-state index contributed by atoms with van der Waals surface area (Å²) >= 11 is 9.51. The number of hydrogen-bond acceptors (Lipinski definition) is 5. The molecule has 0 saturated carbocycles. The molecule has 0 heterocycles. The first-order valence-corrected chi connectivity index (χ1v) is 7.70. The van der Waals surface area contributed by atoms with Crippen LogP contribution in [0.4, 0.5) is 11.4 Å². The molecule has 0 radical (unpaired) electrons. The minimum atomic E-state index is -0.472. The van der Waals surface area contributed by atoms with Crippen molar-refractivity contribution in [3.8, 4) is 5.75 Å². The lowest BCUT2D eigenvalue weighted by Gasteiger charge is -2.12. The van der Waals surface area contributed by atoms with E-state index in [9.17, 15) is 15.2 Å². The molecular formula is C15H13BrClN3O3. The molecule has 0 aliphatic rings. The van der Waals surface area contributed by atoms with Gasteiger partial charge in [-0.1, -0.05) is 11.6 Å². The predicted octanol–water partition coefficient (Wildman–Crippen LogP) is 4.78. The number of phenolic OH excluding ortho intramolecular Hbond substituents is 1. The fourth-order valence-electron chi connectivity index (χ4n) is 1.96. The maximum absolute atomic E-state index is 10.6. The smallest absolute Gasteiger partial charge is 0.269 e. The summed E-state index contributed by atoms with van der Waals surface area (Å²) in [6.07, 6.45) is 1.45. The Kier molecular flexibility index (Phi) is 5.23. The third kappa shape index (κ3) is 3.62. The maximum atomic E-state index is 10.6. The van der Waals surface area contributed by atoms with Crippen LogP contribution in [0.1, 0.15) is 16.7 Å². The molecule has 0 atom stereocenters. The van der Waals surface area contributed by atoms with Gasteiger partial charge in [-0.05, 0) is 53.0 Å². The van der Waals surface area contributed by atoms with Crippen LogP contribution in [0.25, 0.3) is 0 Å². The number of benzene rings is 2. The summed E-state index contributed by atoms with van der Waals surface area (Å²) in [6.45, 7) is 3.59. The number of nitrogens with zero attached hydrogens (tertiary/aromatic N) is 2. The first kappa shape index (κ1) is 17.2. The van der Waals surface area contributed by atoms with Gasteiger partial charge in [0.1, 0.15) is 5.75 Å². The summed E-state index contributed by atoms with van der Waals surface area (Å²) in [5.74, 6) is 0.0543. The Labute approximate surface area is 146 Å². The Morgan fingerprint density at radius 3 is 2.48 bits per heavy atom. The highest BCUT2D eigenvalue weighted by Gasteiger charge is 2.15. The van der Waals surface area contributed by atoms with Crippen LogP contribution in [0, 0.1) is 24.0 Å². The van der Waals surface area contributed by atoms with Crippen LogP contribution in [0.15, 0.2) is 33.8 Å². The topological polar surface area (TPSA) is 87.8 Å². The molecule has 2 N–H and O–H groups in total. The first-order chi connectivity index (χ1) is 10.8. The molecule has 2 rings (SSSR count). The van der Waals surface area contributed by atoms with E-state index in [0.29, 0.717) is 26.3 Å². The van der Waals surface area contributed by atoms with Crippen molar-refractivity contribution in [1.29, 1.82) is 0 Å². The minimum absolute atomic E-state index is 0.00210. The van der Waals surface area contributed by atoms with Crippen molar-refractivity contribution in [2.24, 2.45) is 5.10 Å². The Bertz CT molecular complexity index is 763. The molecular weight excluding hydrogens is 386 g/mol. The summed E-state index contributed by atoms with van der Waals surface area (Å²) in [4.78, 5) is 10.1. The molecule has 23 heavy (non-hydrogen) atoms. The number of nitrogens with one attached hydrogen (secondary N) is 1. The fraction of sp³-hybridized carbons (Fsp3) is 0.133. The molecule has 2 aromatic rings. The van der Waals surface area contributed by atoms with E-state index in [-0.39, 0.29) is 11.4 Å². The van der Waals surface area contributed by atoms with Gasteiger partial charge in [0.15, 0.2) is 0 Å². The van der Waals surface area contributed by atoms with Crippen molar-refractivity contribution in [2.45, 2.75) is 13.8 Å². The first-order valence-electron chi connectivity index (χ1n) is 6.53. The molecule has 0 saturated heterocycles. The Morgan fingerprint density at radius 1 is 1.30 bits per heavy atom. The number of rotatable bonds is 4. The molecule has 0 aliphatic heterocycles. The fourth-order valence-corrected chi connectivity index (χ4v) is 2.68. The highest BCUT2D eigenvalue weighted by molar-refractivity contribution is 9.10. The van der Waals surface area contributed by atoms with E-state index in [1.807, 2.05) is 0 Å². The number of hydrazone groups is 1. The van der Waals surface area contributed by atoms with Gasteiger partial charge in [-0.2, -0.15) is 5.10 Å². The predicted molar refractivity (Wildman–Crippen MR) is 94.6 cm³/mol. The summed E-state index contributed by atoms with van der Waals surface area (Å²) in [6, 6.07) is 5.83. The van der Waals surface area contributed by atoms with E-state index in [1.165, 1.54) is 18.3 Å². The molecule has 120 valence electrons. The van der Waals surface area contributed by atoms with Crippen molar-refractivity contribution in [1.82, 2.24) is 0 Å². The number of anilines is 1. The number of halogens is 2. The third-order valence-electron chi connectivity index (χ3n) is 3.32. The number of aromatic hydroxyl groups is 1. The molecule has 8 heteroatoms. The molecule has 0 fully saturated rings. The Hall–Kier alpha value is -2.12. The van der Waals surface area contributed by atoms with E-state index in [4.69, 9.17) is 11.6 Å². The highest BCUT2D eigenvalue weighted by atomic mass is 79.9. The average Bonchev–Trinajstić information content (AvgIpc) is 2.54. The Balaban J connectivity index is 2.23. The maximum Gasteiger partial charge on any atom is 0.269 e. The van der Waals surface area contributed by atoms with Crippen LogP contribution in [0.2, 0.25) is 5.02 Å². The van der Waals surface area contributed by atoms with Crippen molar-refractivity contribution in [3.05, 3.63) is 60.6 Å². The van der Waals surface area contributed by atoms with Crippen LogP contribution in [-0.4, -0.2) is 16.2 Å². The van der Waals surface area contributed by atoms with Gasteiger partial charge in [0.25, 0.3) is 5.69 Å². The van der Waals surface area contributed by atoms with Crippen molar-refractivity contribution < 1.29 is 10.0 Å². The van der Waals surface area contributed by atoms with Gasteiger partial charge < -0.3 is 5.11 Å². The van der Waals surface area contributed by atoms with Gasteiger partial charge in [0, 0.05) is 22.7 Å². The van der Waals surface area contributed by atoms with Gasteiger partial charge in [-0.25, -0.2) is 0 Å². The van der Waals surface area contributed by atoms with E-state index in [0.717, 1.165) is 5.56 Å². The van der Waals surface area contributed by atoms with E-state index >= 15 is 0 Å². The second-order valence-corrected chi connectivity index (χ2v) is 5.99. The zero-order chi connectivity index (χ0) is 17.1. The SMILES string of the molecule is Cc1c(Cl)c(C)c(/C=N/Nc2ccc([N+](=O)[O-])cc2)c(O)c1Br. The van der Waals surface area contributed by atoms with Gasteiger partial charge in [0.2, 0.25) is 0 Å². The lowest BCUT2D eigenvalue weighted by Crippen LogP contribution is -1.97. The molecule has 0 aromatic heterocycles. The summed E-state index contributed by atoms with van der Waals surface area (Å²) in [7, 11) is 0. The lowest BCUT2D eigenvalue weighted by molar-refractivity contribution is -0.384. The van der Waals surface area contributed by atoms with Crippen molar-refractivity contribution in [2.75, 3.05) is 5.43 Å². The zero-order valence-corrected chi connectivity index (χ0v) is 14.6. The molecule has 0 bridgehead atoms. The number of hydrogen-bond donors (Lipinski definition) is 2. The molecule has 0 aliphatic carbocycles. The van der Waals surface area contributed by atoms with Crippen molar-refractivity contribution in [3.63, 3.8) is 0 Å². The van der Waals surface area contributed by atoms with Gasteiger partial charge in [-0.15, -0.1) is 0 Å². The molecule has 0 unspecified atom stereocenters. The highest BCUT2D eigenvalue weighted by Crippen LogP contribution is 2.38. The second-order valence-electron chi connectivity index (χ2n) is 4.81. The quantitative estimate of drug-likeness (QED) is 0.441. The minimum Gasteiger partial charge on any atom is -0.506 e. The molecule has 0 amide bonds. The van der Waals surface area contributed by atoms with Gasteiger partial charge in [-0.3, -0.25) is 15.5 Å². The molecule has 0 spiro atoms. The average molecular weight is 399 g/mol. The molecule has 6 nitrogen and oxygen atoms in total. The van der Waals surface area contributed by atoms with Gasteiger partial charge in [0.05, 0.1) is 21.3 Å². The third-order valence-corrected chi connectivity index (χ3v) is 4.86. The van der Waals surface area contributed by atoms with Crippen LogP contribution in [0.3, 0.4) is 0 Å². The lowest BCUT2D eigenvalue weighted by atomic mass is 10.1. The number of phenols is 1. The summed E-state index contributed by atoms with van der Waals surface area (Å²) in [5, 5.41) is 25.4. The van der Waals surface area contributed by atoms with E-state index < -0.39 is 4.92 Å².